The number of likely N-dealkylation sites (tertiary alicyclic amines) is 2. The third kappa shape index (κ3) is 6.36. The molecular formula is C27H44N4O6S2. The number of amides is 5. The van der Waals surface area contributed by atoms with E-state index in [2.05, 4.69) is 10.6 Å². The van der Waals surface area contributed by atoms with E-state index in [1.54, 1.807) is 39.5 Å². The van der Waals surface area contributed by atoms with Gasteiger partial charge in [-0.05, 0) is 39.0 Å². The summed E-state index contributed by atoms with van der Waals surface area (Å²) in [6, 6.07) is -3.25. The van der Waals surface area contributed by atoms with Gasteiger partial charge in [-0.15, -0.1) is 23.5 Å². The van der Waals surface area contributed by atoms with Crippen molar-refractivity contribution >= 4 is 53.2 Å². The summed E-state index contributed by atoms with van der Waals surface area (Å²) in [4.78, 5) is 69.7. The minimum atomic E-state index is -0.912. The number of nitrogens with zero attached hydrogens (tertiary/aromatic N) is 2. The molecule has 220 valence electrons. The second kappa shape index (κ2) is 11.9. The largest absolute Gasteiger partial charge is 0.458 e. The van der Waals surface area contributed by atoms with E-state index in [0.29, 0.717) is 13.0 Å². The molecule has 1 spiro atoms. The summed E-state index contributed by atoms with van der Waals surface area (Å²) in [5.41, 5.74) is -0.707. The number of hydrogen-bond donors (Lipinski definition) is 2. The van der Waals surface area contributed by atoms with Crippen LogP contribution >= 0.6 is 23.5 Å². The normalized spacial score (nSPS) is 23.9. The van der Waals surface area contributed by atoms with Gasteiger partial charge in [0, 0.05) is 24.0 Å². The summed E-state index contributed by atoms with van der Waals surface area (Å²) < 4.78 is 4.56. The van der Waals surface area contributed by atoms with Gasteiger partial charge >= 0.3 is 12.0 Å². The van der Waals surface area contributed by atoms with Crippen LogP contribution in [0.5, 0.6) is 0 Å². The molecule has 3 saturated heterocycles. The summed E-state index contributed by atoms with van der Waals surface area (Å²) in [5, 5.41) is 5.49. The minimum Gasteiger partial charge on any atom is -0.458 e. The first-order valence-corrected chi connectivity index (χ1v) is 15.7. The molecule has 0 aromatic carbocycles. The molecule has 10 nitrogen and oxygen atoms in total. The fourth-order valence-electron chi connectivity index (χ4n) is 5.34. The van der Waals surface area contributed by atoms with Gasteiger partial charge in [0.2, 0.25) is 11.8 Å². The molecule has 12 heteroatoms. The summed E-state index contributed by atoms with van der Waals surface area (Å²) in [5.74, 6) is -0.557. The number of urea groups is 1. The average molecular weight is 585 g/mol. The van der Waals surface area contributed by atoms with E-state index in [-0.39, 0.29) is 41.5 Å². The molecule has 3 aliphatic heterocycles. The van der Waals surface area contributed by atoms with Gasteiger partial charge in [-0.2, -0.15) is 0 Å². The molecule has 39 heavy (non-hydrogen) atoms. The molecule has 0 unspecified atom stereocenters. The Bertz CT molecular complexity index is 989. The van der Waals surface area contributed by atoms with Crippen LogP contribution in [0.1, 0.15) is 68.7 Å². The van der Waals surface area contributed by atoms with Crippen LogP contribution in [-0.2, 0) is 23.9 Å². The number of hydrogen-bond acceptors (Lipinski definition) is 8. The monoisotopic (exact) mass is 584 g/mol. The molecule has 3 aliphatic rings. The Morgan fingerprint density at radius 1 is 0.923 bits per heavy atom. The van der Waals surface area contributed by atoms with Gasteiger partial charge in [-0.3, -0.25) is 19.3 Å². The zero-order chi connectivity index (χ0) is 29.4. The highest BCUT2D eigenvalue weighted by Gasteiger charge is 2.67. The van der Waals surface area contributed by atoms with Gasteiger partial charge in [0.1, 0.15) is 17.7 Å². The van der Waals surface area contributed by atoms with Gasteiger partial charge in [0.15, 0.2) is 4.08 Å². The Morgan fingerprint density at radius 3 is 1.95 bits per heavy atom. The molecular weight excluding hydrogens is 540 g/mol. The Labute approximate surface area is 240 Å². The van der Waals surface area contributed by atoms with Crippen molar-refractivity contribution in [2.75, 3.05) is 18.1 Å². The van der Waals surface area contributed by atoms with Gasteiger partial charge < -0.3 is 20.3 Å². The van der Waals surface area contributed by atoms with Crippen LogP contribution in [-0.4, -0.2) is 91.4 Å². The highest BCUT2D eigenvalue weighted by molar-refractivity contribution is 8.22. The maximum absolute atomic E-state index is 14.0. The first-order valence-electron chi connectivity index (χ1n) is 13.8. The van der Waals surface area contributed by atoms with E-state index < -0.39 is 39.8 Å². The van der Waals surface area contributed by atoms with E-state index in [4.69, 9.17) is 4.74 Å². The summed E-state index contributed by atoms with van der Waals surface area (Å²) in [6.45, 7) is 16.5. The van der Waals surface area contributed by atoms with Crippen molar-refractivity contribution in [1.82, 2.24) is 20.4 Å². The van der Waals surface area contributed by atoms with Gasteiger partial charge in [-0.25, -0.2) is 9.59 Å². The summed E-state index contributed by atoms with van der Waals surface area (Å²) in [7, 11) is 0. The number of carbonyl (C=O) groups excluding carboxylic acids is 5. The standard InChI is InChI=1S/C27H44N4O6S2/c1-14(2)18(28-25(36)29-19(15(3)4)23(34)37-26(7,8)9)22(33)30-11-10-17-20(30)27(38-12-13-39-27)24(35)31(17)21(32)16(5)6/h14-20H,10-13H2,1-9H3,(H2,28,29,36)/t17-,18-,19-,20-/m0/s1. The lowest BCUT2D eigenvalue weighted by Crippen LogP contribution is -2.59. The topological polar surface area (TPSA) is 125 Å². The Kier molecular flexibility index (Phi) is 9.62. The fraction of sp³-hybridized carbons (Fsp3) is 0.815. The predicted molar refractivity (Wildman–Crippen MR) is 153 cm³/mol. The lowest BCUT2D eigenvalue weighted by atomic mass is 10.0. The van der Waals surface area contributed by atoms with Crippen molar-refractivity contribution < 1.29 is 28.7 Å². The maximum atomic E-state index is 14.0. The number of fused-ring (bicyclic) bond motifs is 2. The zero-order valence-corrected chi connectivity index (χ0v) is 26.2. The van der Waals surface area contributed by atoms with Crippen LogP contribution in [0.2, 0.25) is 0 Å². The molecule has 3 heterocycles. The van der Waals surface area contributed by atoms with Gasteiger partial charge in [-0.1, -0.05) is 41.5 Å². The van der Waals surface area contributed by atoms with E-state index in [0.717, 1.165) is 11.5 Å². The van der Waals surface area contributed by atoms with Crippen LogP contribution < -0.4 is 10.6 Å². The van der Waals surface area contributed by atoms with Crippen molar-refractivity contribution in [3.05, 3.63) is 0 Å². The molecule has 0 radical (unpaired) electrons. The Balaban J connectivity index is 1.82. The molecule has 3 rings (SSSR count). The fourth-order valence-corrected chi connectivity index (χ4v) is 8.80. The molecule has 0 aromatic heterocycles. The second-order valence-electron chi connectivity index (χ2n) is 12.5. The highest BCUT2D eigenvalue weighted by atomic mass is 32.2. The third-order valence-electron chi connectivity index (χ3n) is 7.17. The summed E-state index contributed by atoms with van der Waals surface area (Å²) in [6.07, 6.45) is 0.508. The molecule has 0 bridgehead atoms. The first-order chi connectivity index (χ1) is 18.0. The van der Waals surface area contributed by atoms with Gasteiger partial charge in [0.05, 0.1) is 12.1 Å². The second-order valence-corrected chi connectivity index (χ2v) is 15.4. The number of esters is 1. The van der Waals surface area contributed by atoms with E-state index in [9.17, 15) is 24.0 Å². The number of carbonyl (C=O) groups is 5. The van der Waals surface area contributed by atoms with Crippen molar-refractivity contribution in [2.45, 2.75) is 103 Å². The number of imide groups is 1. The maximum Gasteiger partial charge on any atom is 0.329 e. The lowest BCUT2D eigenvalue weighted by Gasteiger charge is -2.36. The first kappa shape index (κ1) is 31.6. The van der Waals surface area contributed by atoms with Crippen molar-refractivity contribution in [1.29, 1.82) is 0 Å². The number of thioether (sulfide) groups is 2. The molecule has 0 aliphatic carbocycles. The Hall–Kier alpha value is -1.95. The van der Waals surface area contributed by atoms with Crippen molar-refractivity contribution in [3.8, 4) is 0 Å². The number of rotatable bonds is 7. The van der Waals surface area contributed by atoms with Crippen molar-refractivity contribution in [2.24, 2.45) is 17.8 Å². The highest BCUT2D eigenvalue weighted by Crippen LogP contribution is 2.56. The van der Waals surface area contributed by atoms with Crippen LogP contribution in [0.4, 0.5) is 4.79 Å². The van der Waals surface area contributed by atoms with E-state index in [1.165, 1.54) is 28.4 Å². The molecule has 2 N–H and O–H groups in total. The third-order valence-corrected chi connectivity index (χ3v) is 10.6. The van der Waals surface area contributed by atoms with Crippen LogP contribution in [0.25, 0.3) is 0 Å². The molecule has 3 fully saturated rings. The van der Waals surface area contributed by atoms with Crippen LogP contribution in [0.3, 0.4) is 0 Å². The average Bonchev–Trinajstić information content (AvgIpc) is 3.51. The molecule has 5 amide bonds. The number of nitrogens with one attached hydrogen (secondary N) is 2. The smallest absolute Gasteiger partial charge is 0.329 e. The number of ether oxygens (including phenoxy) is 1. The van der Waals surface area contributed by atoms with E-state index >= 15 is 0 Å². The zero-order valence-electron chi connectivity index (χ0n) is 24.5. The quantitative estimate of drug-likeness (QED) is 0.438. The molecule has 4 atom stereocenters. The molecule has 0 aromatic rings. The SMILES string of the molecule is CC(C)C(=O)N1C(=O)C2(SCCS2)[C@@H]2[C@@H]1CCN2C(=O)[C@@H](NC(=O)N[C@H](C(=O)OC(C)(C)C)C(C)C)C(C)C. The summed E-state index contributed by atoms with van der Waals surface area (Å²) >= 11 is 3.04. The van der Waals surface area contributed by atoms with Crippen molar-refractivity contribution in [3.63, 3.8) is 0 Å². The lowest BCUT2D eigenvalue weighted by molar-refractivity contribution is -0.158. The van der Waals surface area contributed by atoms with Crippen LogP contribution in [0.15, 0.2) is 0 Å². The van der Waals surface area contributed by atoms with Crippen LogP contribution in [0, 0.1) is 17.8 Å². The Morgan fingerprint density at radius 2 is 1.46 bits per heavy atom. The van der Waals surface area contributed by atoms with E-state index in [1.807, 2.05) is 27.7 Å². The van der Waals surface area contributed by atoms with Gasteiger partial charge in [0.25, 0.3) is 5.91 Å². The molecule has 0 saturated carbocycles. The minimum absolute atomic E-state index is 0.214. The predicted octanol–water partition coefficient (Wildman–Crippen LogP) is 2.85.